The van der Waals surface area contributed by atoms with Crippen LogP contribution in [-0.4, -0.2) is 25.0 Å². The number of amides is 1. The second kappa shape index (κ2) is 4.73. The Labute approximate surface area is 108 Å². The predicted octanol–water partition coefficient (Wildman–Crippen LogP) is 1.95. The normalized spacial score (nSPS) is 25.4. The van der Waals surface area contributed by atoms with Gasteiger partial charge >= 0.3 is 0 Å². The van der Waals surface area contributed by atoms with E-state index in [1.54, 1.807) is 0 Å². The third-order valence-electron chi connectivity index (χ3n) is 4.61. The Morgan fingerprint density at radius 2 is 1.89 bits per heavy atom. The molecule has 1 aromatic carbocycles. The molecule has 3 rings (SSSR count). The zero-order valence-corrected chi connectivity index (χ0v) is 10.6. The molecule has 1 heterocycles. The van der Waals surface area contributed by atoms with E-state index in [-0.39, 0.29) is 5.91 Å². The molecule has 1 spiro atoms. The fourth-order valence-electron chi connectivity index (χ4n) is 3.28. The summed E-state index contributed by atoms with van der Waals surface area (Å²) in [6, 6.07) is 9.90. The average molecular weight is 244 g/mol. The molecule has 1 saturated carbocycles. The van der Waals surface area contributed by atoms with Gasteiger partial charge in [-0.2, -0.15) is 0 Å². The van der Waals surface area contributed by atoms with Crippen LogP contribution in [-0.2, 0) is 0 Å². The lowest BCUT2D eigenvalue weighted by Crippen LogP contribution is -2.58. The standard InChI is InChI=1S/C15H20N2O/c18-14(12-4-2-1-3-5-12)17-13-6-7-15(13)8-10-16-11-9-15/h1-5,13,16H,6-11H2,(H,17,18)/t13-/m1/s1. The molecule has 0 bridgehead atoms. The molecule has 1 saturated heterocycles. The van der Waals surface area contributed by atoms with E-state index < -0.39 is 0 Å². The Bertz CT molecular complexity index is 423. The summed E-state index contributed by atoms with van der Waals surface area (Å²) in [7, 11) is 0. The molecule has 2 fully saturated rings. The van der Waals surface area contributed by atoms with Crippen molar-refractivity contribution < 1.29 is 4.79 Å². The monoisotopic (exact) mass is 244 g/mol. The summed E-state index contributed by atoms with van der Waals surface area (Å²) in [4.78, 5) is 12.1. The summed E-state index contributed by atoms with van der Waals surface area (Å²) in [6.45, 7) is 2.19. The summed E-state index contributed by atoms with van der Waals surface area (Å²) < 4.78 is 0. The third-order valence-corrected chi connectivity index (χ3v) is 4.61. The van der Waals surface area contributed by atoms with E-state index in [0.29, 0.717) is 11.5 Å². The van der Waals surface area contributed by atoms with E-state index in [1.807, 2.05) is 30.3 Å². The van der Waals surface area contributed by atoms with Crippen LogP contribution in [0.2, 0.25) is 0 Å². The highest BCUT2D eigenvalue weighted by atomic mass is 16.1. The molecule has 0 radical (unpaired) electrons. The second-order valence-electron chi connectivity index (χ2n) is 5.54. The van der Waals surface area contributed by atoms with Crippen LogP contribution in [0, 0.1) is 5.41 Å². The van der Waals surface area contributed by atoms with E-state index in [0.717, 1.165) is 25.1 Å². The van der Waals surface area contributed by atoms with Gasteiger partial charge in [-0.15, -0.1) is 0 Å². The molecule has 2 aliphatic rings. The Kier molecular flexibility index (Phi) is 3.08. The summed E-state index contributed by atoms with van der Waals surface area (Å²) in [5.74, 6) is 0.0817. The van der Waals surface area contributed by atoms with Gasteiger partial charge in [-0.1, -0.05) is 18.2 Å². The Balaban J connectivity index is 1.65. The number of nitrogens with one attached hydrogen (secondary N) is 2. The molecule has 1 amide bonds. The smallest absolute Gasteiger partial charge is 0.251 e. The number of hydrogen-bond donors (Lipinski definition) is 2. The van der Waals surface area contributed by atoms with Crippen molar-refractivity contribution in [3.63, 3.8) is 0 Å². The first-order valence-electron chi connectivity index (χ1n) is 6.87. The van der Waals surface area contributed by atoms with Gasteiger partial charge in [-0.05, 0) is 56.3 Å². The van der Waals surface area contributed by atoms with Crippen LogP contribution in [0.4, 0.5) is 0 Å². The highest BCUT2D eigenvalue weighted by Gasteiger charge is 2.47. The number of benzene rings is 1. The van der Waals surface area contributed by atoms with Crippen molar-refractivity contribution in [2.75, 3.05) is 13.1 Å². The molecule has 0 aromatic heterocycles. The molecular weight excluding hydrogens is 224 g/mol. The summed E-state index contributed by atoms with van der Waals surface area (Å²) >= 11 is 0. The van der Waals surface area contributed by atoms with Crippen LogP contribution in [0.5, 0.6) is 0 Å². The molecular formula is C15H20N2O. The Hall–Kier alpha value is -1.35. The molecule has 0 unspecified atom stereocenters. The molecule has 1 atom stereocenters. The van der Waals surface area contributed by atoms with Crippen LogP contribution in [0.25, 0.3) is 0 Å². The lowest BCUT2D eigenvalue weighted by atomic mass is 9.59. The fourth-order valence-corrected chi connectivity index (χ4v) is 3.28. The molecule has 1 aliphatic carbocycles. The largest absolute Gasteiger partial charge is 0.349 e. The van der Waals surface area contributed by atoms with E-state index in [1.165, 1.54) is 19.3 Å². The number of carbonyl (C=O) groups is 1. The summed E-state index contributed by atoms with van der Waals surface area (Å²) in [5, 5.41) is 6.63. The third kappa shape index (κ3) is 2.03. The van der Waals surface area contributed by atoms with Crippen molar-refractivity contribution in [2.45, 2.75) is 31.7 Å². The zero-order valence-electron chi connectivity index (χ0n) is 10.6. The maximum Gasteiger partial charge on any atom is 0.251 e. The molecule has 18 heavy (non-hydrogen) atoms. The van der Waals surface area contributed by atoms with Gasteiger partial charge in [0.05, 0.1) is 0 Å². The van der Waals surface area contributed by atoms with Crippen molar-refractivity contribution in [3.05, 3.63) is 35.9 Å². The zero-order chi connectivity index (χ0) is 12.4. The van der Waals surface area contributed by atoms with Gasteiger partial charge in [-0.3, -0.25) is 4.79 Å². The SMILES string of the molecule is O=C(N[C@@H]1CCC12CCNCC2)c1ccccc1. The molecule has 96 valence electrons. The topological polar surface area (TPSA) is 41.1 Å². The van der Waals surface area contributed by atoms with Crippen molar-refractivity contribution in [2.24, 2.45) is 5.41 Å². The van der Waals surface area contributed by atoms with Crippen LogP contribution >= 0.6 is 0 Å². The minimum Gasteiger partial charge on any atom is -0.349 e. The average Bonchev–Trinajstić information content (AvgIpc) is 2.45. The van der Waals surface area contributed by atoms with Crippen molar-refractivity contribution >= 4 is 5.91 Å². The maximum atomic E-state index is 12.1. The second-order valence-corrected chi connectivity index (χ2v) is 5.54. The summed E-state index contributed by atoms with van der Waals surface area (Å²) in [5.41, 5.74) is 1.16. The Morgan fingerprint density at radius 1 is 1.17 bits per heavy atom. The van der Waals surface area contributed by atoms with Crippen molar-refractivity contribution in [3.8, 4) is 0 Å². The number of hydrogen-bond acceptors (Lipinski definition) is 2. The van der Waals surface area contributed by atoms with E-state index in [9.17, 15) is 4.79 Å². The van der Waals surface area contributed by atoms with Gasteiger partial charge in [0.15, 0.2) is 0 Å². The fraction of sp³-hybridized carbons (Fsp3) is 0.533. The minimum absolute atomic E-state index is 0.0817. The van der Waals surface area contributed by atoms with Crippen molar-refractivity contribution in [1.82, 2.24) is 10.6 Å². The number of rotatable bonds is 2. The first-order valence-corrected chi connectivity index (χ1v) is 6.87. The van der Waals surface area contributed by atoms with Crippen molar-refractivity contribution in [1.29, 1.82) is 0 Å². The van der Waals surface area contributed by atoms with Gasteiger partial charge < -0.3 is 10.6 Å². The number of carbonyl (C=O) groups excluding carboxylic acids is 1. The van der Waals surface area contributed by atoms with E-state index in [4.69, 9.17) is 0 Å². The molecule has 1 aliphatic heterocycles. The van der Waals surface area contributed by atoms with Gasteiger partial charge in [0.2, 0.25) is 0 Å². The first kappa shape index (κ1) is 11.7. The van der Waals surface area contributed by atoms with Gasteiger partial charge in [0.1, 0.15) is 0 Å². The molecule has 1 aromatic rings. The van der Waals surface area contributed by atoms with E-state index in [2.05, 4.69) is 10.6 Å². The predicted molar refractivity (Wildman–Crippen MR) is 71.5 cm³/mol. The highest BCUT2D eigenvalue weighted by Crippen LogP contribution is 2.47. The molecule has 3 nitrogen and oxygen atoms in total. The number of piperidine rings is 1. The van der Waals surface area contributed by atoms with Gasteiger partial charge in [0.25, 0.3) is 5.91 Å². The Morgan fingerprint density at radius 3 is 2.50 bits per heavy atom. The summed E-state index contributed by atoms with van der Waals surface area (Å²) in [6.07, 6.45) is 4.81. The van der Waals surface area contributed by atoms with E-state index >= 15 is 0 Å². The van der Waals surface area contributed by atoms with Gasteiger partial charge in [-0.25, -0.2) is 0 Å². The molecule has 2 N–H and O–H groups in total. The maximum absolute atomic E-state index is 12.1. The van der Waals surface area contributed by atoms with Crippen LogP contribution in [0.15, 0.2) is 30.3 Å². The minimum atomic E-state index is 0.0817. The lowest BCUT2D eigenvalue weighted by molar-refractivity contribution is 0.0283. The first-order chi connectivity index (χ1) is 8.80. The van der Waals surface area contributed by atoms with Crippen LogP contribution in [0.3, 0.4) is 0 Å². The van der Waals surface area contributed by atoms with Crippen LogP contribution in [0.1, 0.15) is 36.0 Å². The van der Waals surface area contributed by atoms with Crippen LogP contribution < -0.4 is 10.6 Å². The molecule has 3 heteroatoms. The lowest BCUT2D eigenvalue weighted by Gasteiger charge is -2.52. The highest BCUT2D eigenvalue weighted by molar-refractivity contribution is 5.94. The quantitative estimate of drug-likeness (QED) is 0.835. The van der Waals surface area contributed by atoms with Gasteiger partial charge in [0, 0.05) is 11.6 Å².